The molecule has 1 aliphatic carbocycles. The van der Waals surface area contributed by atoms with E-state index < -0.39 is 11.6 Å². The van der Waals surface area contributed by atoms with Gasteiger partial charge in [0.2, 0.25) is 11.9 Å². The molecule has 37 heavy (non-hydrogen) atoms. The van der Waals surface area contributed by atoms with E-state index in [0.29, 0.717) is 36.0 Å². The van der Waals surface area contributed by atoms with Gasteiger partial charge in [0, 0.05) is 18.2 Å². The van der Waals surface area contributed by atoms with Crippen LogP contribution in [0, 0.1) is 0 Å². The largest absolute Gasteiger partial charge is 0.496 e. The van der Waals surface area contributed by atoms with Crippen LogP contribution in [0.25, 0.3) is 0 Å². The third-order valence-electron chi connectivity index (χ3n) is 5.45. The Morgan fingerprint density at radius 3 is 2.35 bits per heavy atom. The van der Waals surface area contributed by atoms with Crippen molar-refractivity contribution >= 4 is 17.9 Å². The normalized spacial score (nSPS) is 12.9. The van der Waals surface area contributed by atoms with Gasteiger partial charge >= 0.3 is 12.0 Å². The van der Waals surface area contributed by atoms with Gasteiger partial charge in [-0.1, -0.05) is 18.2 Å². The lowest BCUT2D eigenvalue weighted by Gasteiger charge is -2.21. The quantitative estimate of drug-likeness (QED) is 0.274. The van der Waals surface area contributed by atoms with Gasteiger partial charge in [-0.15, -0.1) is 0 Å². The molecule has 0 atom stereocenters. The van der Waals surface area contributed by atoms with Gasteiger partial charge in [0.15, 0.2) is 5.60 Å². The molecular formula is C26H31N5O6. The van der Waals surface area contributed by atoms with E-state index in [9.17, 15) is 9.90 Å². The van der Waals surface area contributed by atoms with Gasteiger partial charge in [-0.05, 0) is 57.0 Å². The lowest BCUT2D eigenvalue weighted by atomic mass is 10.1. The molecule has 11 heteroatoms. The zero-order valence-electron chi connectivity index (χ0n) is 21.1. The standard InChI is InChI=1S/C26H31N5O6/c1-26(2,22(32)33)37-20-12-10-19(11-13-20)35-14-15-36-25-30-23(29-24(31-25)28-18-8-9-18)27-16-17-6-4-5-7-21(17)34-3/h4-7,10-13,18H,8-9,14-16H2,1-3H3,(H,32,33)(H2,27,28,29,30,31). The van der Waals surface area contributed by atoms with Crippen LogP contribution in [0.1, 0.15) is 32.3 Å². The molecule has 1 aromatic heterocycles. The molecule has 1 saturated carbocycles. The summed E-state index contributed by atoms with van der Waals surface area (Å²) in [5.74, 6) is 1.60. The van der Waals surface area contributed by atoms with Gasteiger partial charge < -0.3 is 34.7 Å². The zero-order chi connectivity index (χ0) is 26.3. The number of carboxylic acids is 1. The first-order valence-electron chi connectivity index (χ1n) is 12.0. The molecule has 1 fully saturated rings. The number of benzene rings is 2. The molecule has 0 aliphatic heterocycles. The Balaban J connectivity index is 1.31. The number of ether oxygens (including phenoxy) is 4. The molecule has 0 amide bonds. The van der Waals surface area contributed by atoms with Crippen molar-refractivity contribution in [2.24, 2.45) is 0 Å². The maximum Gasteiger partial charge on any atom is 0.347 e. The van der Waals surface area contributed by atoms with E-state index in [1.54, 1.807) is 31.4 Å². The van der Waals surface area contributed by atoms with Crippen LogP contribution in [0.2, 0.25) is 0 Å². The van der Waals surface area contributed by atoms with Gasteiger partial charge in [-0.3, -0.25) is 0 Å². The van der Waals surface area contributed by atoms with Crippen LogP contribution in [0.4, 0.5) is 11.9 Å². The van der Waals surface area contributed by atoms with Crippen LogP contribution >= 0.6 is 0 Å². The summed E-state index contributed by atoms with van der Waals surface area (Å²) in [6.07, 6.45) is 2.16. The van der Waals surface area contributed by atoms with Gasteiger partial charge in [0.05, 0.1) is 7.11 Å². The Morgan fingerprint density at radius 2 is 1.65 bits per heavy atom. The third-order valence-corrected chi connectivity index (χ3v) is 5.45. The highest BCUT2D eigenvalue weighted by atomic mass is 16.5. The van der Waals surface area contributed by atoms with Crippen molar-refractivity contribution in [3.8, 4) is 23.3 Å². The first kappa shape index (κ1) is 25.8. The molecule has 0 saturated heterocycles. The predicted octanol–water partition coefficient (Wildman–Crippen LogP) is 3.77. The number of rotatable bonds is 14. The lowest BCUT2D eigenvalue weighted by molar-refractivity contribution is -0.152. The van der Waals surface area contributed by atoms with E-state index in [1.165, 1.54) is 13.8 Å². The second kappa shape index (κ2) is 11.6. The molecule has 2 aromatic carbocycles. The van der Waals surface area contributed by atoms with Crippen molar-refractivity contribution in [2.75, 3.05) is 31.0 Å². The molecule has 0 bridgehead atoms. The lowest BCUT2D eigenvalue weighted by Crippen LogP contribution is -2.37. The number of nitrogens with one attached hydrogen (secondary N) is 2. The molecule has 11 nitrogen and oxygen atoms in total. The second-order valence-electron chi connectivity index (χ2n) is 8.94. The van der Waals surface area contributed by atoms with E-state index in [4.69, 9.17) is 18.9 Å². The summed E-state index contributed by atoms with van der Waals surface area (Å²) in [6, 6.07) is 15.0. The number of carbonyl (C=O) groups is 1. The molecule has 3 N–H and O–H groups in total. The Bertz CT molecular complexity index is 1200. The monoisotopic (exact) mass is 509 g/mol. The minimum absolute atomic E-state index is 0.184. The molecule has 1 aliphatic rings. The summed E-state index contributed by atoms with van der Waals surface area (Å²) in [5, 5.41) is 15.7. The van der Waals surface area contributed by atoms with E-state index in [2.05, 4.69) is 25.6 Å². The molecule has 3 aromatic rings. The van der Waals surface area contributed by atoms with Gasteiger partial charge in [-0.2, -0.15) is 15.0 Å². The maximum absolute atomic E-state index is 11.2. The fourth-order valence-electron chi connectivity index (χ4n) is 3.23. The van der Waals surface area contributed by atoms with Gasteiger partial charge in [-0.25, -0.2) is 4.79 Å². The number of hydrogen-bond acceptors (Lipinski definition) is 10. The van der Waals surface area contributed by atoms with Crippen LogP contribution < -0.4 is 29.6 Å². The van der Waals surface area contributed by atoms with Crippen molar-refractivity contribution in [3.05, 3.63) is 54.1 Å². The van der Waals surface area contributed by atoms with Crippen LogP contribution in [0.5, 0.6) is 23.3 Å². The van der Waals surface area contributed by atoms with Crippen molar-refractivity contribution in [3.63, 3.8) is 0 Å². The summed E-state index contributed by atoms with van der Waals surface area (Å²) in [4.78, 5) is 24.4. The van der Waals surface area contributed by atoms with E-state index in [0.717, 1.165) is 24.2 Å². The van der Waals surface area contributed by atoms with Gasteiger partial charge in [0.25, 0.3) is 0 Å². The first-order chi connectivity index (χ1) is 17.8. The topological polar surface area (TPSA) is 137 Å². The first-order valence-corrected chi connectivity index (χ1v) is 12.0. The summed E-state index contributed by atoms with van der Waals surface area (Å²) in [5.41, 5.74) is -0.351. The van der Waals surface area contributed by atoms with Gasteiger partial charge in [0.1, 0.15) is 30.5 Å². The van der Waals surface area contributed by atoms with E-state index in [-0.39, 0.29) is 19.2 Å². The molecule has 4 rings (SSSR count). The van der Waals surface area contributed by atoms with Crippen molar-refractivity contribution in [1.29, 1.82) is 0 Å². The molecular weight excluding hydrogens is 478 g/mol. The average molecular weight is 510 g/mol. The molecule has 0 radical (unpaired) electrons. The number of para-hydroxylation sites is 1. The minimum atomic E-state index is -1.32. The average Bonchev–Trinajstić information content (AvgIpc) is 3.70. The summed E-state index contributed by atoms with van der Waals surface area (Å²) in [6.45, 7) is 3.92. The highest BCUT2D eigenvalue weighted by Gasteiger charge is 2.29. The predicted molar refractivity (Wildman–Crippen MR) is 137 cm³/mol. The summed E-state index contributed by atoms with van der Waals surface area (Å²) >= 11 is 0. The van der Waals surface area contributed by atoms with Crippen LogP contribution in [-0.2, 0) is 11.3 Å². The number of aromatic nitrogens is 3. The Labute approximate surface area is 215 Å². The molecule has 1 heterocycles. The number of hydrogen-bond donors (Lipinski definition) is 3. The highest BCUT2D eigenvalue weighted by molar-refractivity contribution is 5.76. The van der Waals surface area contributed by atoms with E-state index >= 15 is 0 Å². The van der Waals surface area contributed by atoms with Crippen molar-refractivity contribution in [1.82, 2.24) is 15.0 Å². The van der Waals surface area contributed by atoms with Crippen LogP contribution in [-0.4, -0.2) is 58.0 Å². The number of aliphatic carboxylic acids is 1. The summed E-state index contributed by atoms with van der Waals surface area (Å²) < 4.78 is 22.4. The fraction of sp³-hybridized carbons (Fsp3) is 0.385. The highest BCUT2D eigenvalue weighted by Crippen LogP contribution is 2.25. The number of nitrogens with zero attached hydrogens (tertiary/aromatic N) is 3. The zero-order valence-corrected chi connectivity index (χ0v) is 21.1. The van der Waals surface area contributed by atoms with Crippen LogP contribution in [0.15, 0.2) is 48.5 Å². The molecule has 196 valence electrons. The maximum atomic E-state index is 11.2. The number of carboxylic acid groups (broad SMARTS) is 1. The minimum Gasteiger partial charge on any atom is -0.496 e. The Kier molecular flexibility index (Phi) is 8.11. The fourth-order valence-corrected chi connectivity index (χ4v) is 3.23. The summed E-state index contributed by atoms with van der Waals surface area (Å²) in [7, 11) is 1.63. The second-order valence-corrected chi connectivity index (χ2v) is 8.94. The smallest absolute Gasteiger partial charge is 0.347 e. The van der Waals surface area contributed by atoms with E-state index in [1.807, 2.05) is 24.3 Å². The SMILES string of the molecule is COc1ccccc1CNc1nc(NC2CC2)nc(OCCOc2ccc(OC(C)(C)C(=O)O)cc2)n1. The van der Waals surface area contributed by atoms with Crippen LogP contribution in [0.3, 0.4) is 0 Å². The Morgan fingerprint density at radius 1 is 0.973 bits per heavy atom. The van der Waals surface area contributed by atoms with Crippen molar-refractivity contribution in [2.45, 2.75) is 44.9 Å². The molecule has 0 unspecified atom stereocenters. The van der Waals surface area contributed by atoms with Crippen molar-refractivity contribution < 1.29 is 28.8 Å². The number of methoxy groups -OCH3 is 1. The third kappa shape index (κ3) is 7.60. The Hall–Kier alpha value is -4.28. The molecule has 0 spiro atoms. The number of anilines is 2.